The smallest absolute Gasteiger partial charge is 0.153 e. The number of hydrogen-bond donors (Lipinski definition) is 2. The lowest BCUT2D eigenvalue weighted by atomic mass is 10.2. The van der Waals surface area contributed by atoms with E-state index in [1.807, 2.05) is 0 Å². The van der Waals surface area contributed by atoms with E-state index in [1.54, 1.807) is 13.8 Å². The lowest BCUT2D eigenvalue weighted by Crippen LogP contribution is -2.42. The van der Waals surface area contributed by atoms with Gasteiger partial charge in [0.05, 0.1) is 4.75 Å². The minimum Gasteiger partial charge on any atom is -0.316 e. The van der Waals surface area contributed by atoms with Crippen molar-refractivity contribution < 1.29 is 8.42 Å². The molecular formula is C12H28N2O2S. The molecule has 4 nitrogen and oxygen atoms in total. The maximum Gasteiger partial charge on any atom is 0.153 e. The van der Waals surface area contributed by atoms with Crippen LogP contribution in [0.5, 0.6) is 0 Å². The molecule has 0 rings (SSSR count). The SMILES string of the molecule is CC(C)CNCCCNCC(C)(C)S(C)(=O)=O. The predicted molar refractivity (Wildman–Crippen MR) is 74.1 cm³/mol. The molecule has 0 unspecified atom stereocenters. The summed E-state index contributed by atoms with van der Waals surface area (Å²) in [6.45, 7) is 11.2. The Balaban J connectivity index is 3.59. The van der Waals surface area contributed by atoms with Gasteiger partial charge in [0.15, 0.2) is 9.84 Å². The van der Waals surface area contributed by atoms with Gasteiger partial charge in [0.25, 0.3) is 0 Å². The Morgan fingerprint density at radius 3 is 2.12 bits per heavy atom. The van der Waals surface area contributed by atoms with Gasteiger partial charge in [0.2, 0.25) is 0 Å². The number of hydrogen-bond acceptors (Lipinski definition) is 4. The maximum absolute atomic E-state index is 11.4. The fourth-order valence-corrected chi connectivity index (χ4v) is 1.61. The van der Waals surface area contributed by atoms with Crippen molar-refractivity contribution in [3.63, 3.8) is 0 Å². The fraction of sp³-hybridized carbons (Fsp3) is 1.00. The normalized spacial score (nSPS) is 13.3. The molecule has 5 heteroatoms. The summed E-state index contributed by atoms with van der Waals surface area (Å²) in [6, 6.07) is 0. The van der Waals surface area contributed by atoms with Crippen LogP contribution >= 0.6 is 0 Å². The first-order chi connectivity index (χ1) is 7.67. The van der Waals surface area contributed by atoms with Crippen molar-refractivity contribution in [1.82, 2.24) is 10.6 Å². The van der Waals surface area contributed by atoms with Crippen molar-refractivity contribution in [2.75, 3.05) is 32.4 Å². The molecule has 0 aliphatic heterocycles. The van der Waals surface area contributed by atoms with Crippen LogP contribution in [0.2, 0.25) is 0 Å². The minimum absolute atomic E-state index is 0.510. The minimum atomic E-state index is -2.99. The van der Waals surface area contributed by atoms with E-state index in [0.29, 0.717) is 12.5 Å². The number of sulfone groups is 1. The average Bonchev–Trinajstić information content (AvgIpc) is 2.13. The Kier molecular flexibility index (Phi) is 7.28. The molecule has 2 N–H and O–H groups in total. The molecule has 0 spiro atoms. The summed E-state index contributed by atoms with van der Waals surface area (Å²) in [6.07, 6.45) is 2.31. The molecule has 0 aromatic rings. The molecule has 0 saturated carbocycles. The number of rotatable bonds is 9. The third-order valence-electron chi connectivity index (χ3n) is 2.81. The number of nitrogens with one attached hydrogen (secondary N) is 2. The summed E-state index contributed by atoms with van der Waals surface area (Å²) in [5.41, 5.74) is 0. The molecule has 0 aliphatic rings. The van der Waals surface area contributed by atoms with E-state index >= 15 is 0 Å². The van der Waals surface area contributed by atoms with Crippen molar-refractivity contribution >= 4 is 9.84 Å². The molecule has 0 radical (unpaired) electrons. The van der Waals surface area contributed by atoms with Crippen LogP contribution in [0.25, 0.3) is 0 Å². The van der Waals surface area contributed by atoms with E-state index in [-0.39, 0.29) is 0 Å². The van der Waals surface area contributed by atoms with Crippen molar-refractivity contribution in [2.45, 2.75) is 38.9 Å². The molecule has 0 aromatic carbocycles. The van der Waals surface area contributed by atoms with Crippen molar-refractivity contribution in [2.24, 2.45) is 5.92 Å². The molecule has 0 aromatic heterocycles. The van der Waals surface area contributed by atoms with Gasteiger partial charge in [-0.25, -0.2) is 8.42 Å². The fourth-order valence-electron chi connectivity index (χ4n) is 1.25. The second-order valence-electron chi connectivity index (χ2n) is 5.66. The van der Waals surface area contributed by atoms with Gasteiger partial charge in [-0.2, -0.15) is 0 Å². The topological polar surface area (TPSA) is 58.2 Å². The van der Waals surface area contributed by atoms with Crippen LogP contribution in [-0.2, 0) is 9.84 Å². The largest absolute Gasteiger partial charge is 0.316 e. The van der Waals surface area contributed by atoms with Crippen molar-refractivity contribution in [3.8, 4) is 0 Å². The molecule has 0 amide bonds. The second kappa shape index (κ2) is 7.34. The quantitative estimate of drug-likeness (QED) is 0.611. The van der Waals surface area contributed by atoms with Crippen LogP contribution in [-0.4, -0.2) is 45.6 Å². The highest BCUT2D eigenvalue weighted by Crippen LogP contribution is 2.13. The van der Waals surface area contributed by atoms with Crippen LogP contribution in [0.15, 0.2) is 0 Å². The molecule has 0 bridgehead atoms. The van der Waals surface area contributed by atoms with Gasteiger partial charge < -0.3 is 10.6 Å². The highest BCUT2D eigenvalue weighted by molar-refractivity contribution is 7.92. The third kappa shape index (κ3) is 7.73. The zero-order valence-corrected chi connectivity index (χ0v) is 12.7. The monoisotopic (exact) mass is 264 g/mol. The summed E-state index contributed by atoms with van der Waals surface area (Å²) in [5, 5.41) is 6.56. The molecule has 17 heavy (non-hydrogen) atoms. The van der Waals surface area contributed by atoms with E-state index in [1.165, 1.54) is 6.26 Å². The van der Waals surface area contributed by atoms with Crippen LogP contribution < -0.4 is 10.6 Å². The Morgan fingerprint density at radius 1 is 1.12 bits per heavy atom. The van der Waals surface area contributed by atoms with Crippen LogP contribution in [0.4, 0.5) is 0 Å². The van der Waals surface area contributed by atoms with E-state index in [0.717, 1.165) is 26.1 Å². The van der Waals surface area contributed by atoms with Gasteiger partial charge in [-0.05, 0) is 45.8 Å². The zero-order valence-electron chi connectivity index (χ0n) is 11.8. The Morgan fingerprint density at radius 2 is 1.65 bits per heavy atom. The van der Waals surface area contributed by atoms with Gasteiger partial charge in [-0.3, -0.25) is 0 Å². The lowest BCUT2D eigenvalue weighted by molar-refractivity contribution is 0.501. The molecule has 0 atom stereocenters. The summed E-state index contributed by atoms with van der Waals surface area (Å²) in [7, 11) is -2.99. The Labute approximate surface area is 106 Å². The average molecular weight is 264 g/mol. The molecular weight excluding hydrogens is 236 g/mol. The van der Waals surface area contributed by atoms with E-state index in [2.05, 4.69) is 24.5 Å². The van der Waals surface area contributed by atoms with Crippen LogP contribution in [0.3, 0.4) is 0 Å². The van der Waals surface area contributed by atoms with E-state index < -0.39 is 14.6 Å². The van der Waals surface area contributed by atoms with Crippen LogP contribution in [0.1, 0.15) is 34.1 Å². The second-order valence-corrected chi connectivity index (χ2v) is 8.31. The lowest BCUT2D eigenvalue weighted by Gasteiger charge is -2.22. The molecule has 0 aliphatic carbocycles. The van der Waals surface area contributed by atoms with Gasteiger partial charge in [0.1, 0.15) is 0 Å². The Hall–Kier alpha value is -0.130. The first kappa shape index (κ1) is 16.9. The highest BCUT2D eigenvalue weighted by atomic mass is 32.2. The zero-order chi connectivity index (χ0) is 13.5. The summed E-state index contributed by atoms with van der Waals surface area (Å²) in [4.78, 5) is 0. The van der Waals surface area contributed by atoms with Crippen molar-refractivity contribution in [1.29, 1.82) is 0 Å². The molecule has 104 valence electrons. The third-order valence-corrected chi connectivity index (χ3v) is 4.97. The van der Waals surface area contributed by atoms with Gasteiger partial charge in [-0.1, -0.05) is 13.8 Å². The maximum atomic E-state index is 11.4. The van der Waals surface area contributed by atoms with Gasteiger partial charge in [0, 0.05) is 12.8 Å². The van der Waals surface area contributed by atoms with Gasteiger partial charge in [-0.15, -0.1) is 0 Å². The van der Waals surface area contributed by atoms with Crippen molar-refractivity contribution in [3.05, 3.63) is 0 Å². The van der Waals surface area contributed by atoms with Crippen LogP contribution in [0, 0.1) is 5.92 Å². The molecule has 0 fully saturated rings. The predicted octanol–water partition coefficient (Wildman–Crippen LogP) is 1.03. The standard InChI is InChI=1S/C12H28N2O2S/c1-11(2)9-13-7-6-8-14-10-12(3,4)17(5,15)16/h11,13-14H,6-10H2,1-5H3. The van der Waals surface area contributed by atoms with E-state index in [9.17, 15) is 8.42 Å². The first-order valence-corrected chi connectivity index (χ1v) is 8.17. The summed E-state index contributed by atoms with van der Waals surface area (Å²) < 4.78 is 22.2. The molecule has 0 heterocycles. The highest BCUT2D eigenvalue weighted by Gasteiger charge is 2.29. The summed E-state index contributed by atoms with van der Waals surface area (Å²) in [5.74, 6) is 0.673. The van der Waals surface area contributed by atoms with Gasteiger partial charge >= 0.3 is 0 Å². The van der Waals surface area contributed by atoms with E-state index in [4.69, 9.17) is 0 Å². The first-order valence-electron chi connectivity index (χ1n) is 6.28. The molecule has 0 saturated heterocycles. The summed E-state index contributed by atoms with van der Waals surface area (Å²) >= 11 is 0. The Bertz CT molecular complexity index is 298.